The zero-order valence-corrected chi connectivity index (χ0v) is 14.8. The number of nitrogens with one attached hydrogen (secondary N) is 1. The molecule has 0 saturated heterocycles. The largest absolute Gasteiger partial charge is 0.356 e. The van der Waals surface area contributed by atoms with Crippen LogP contribution in [0.4, 0.5) is 10.1 Å². The predicted octanol–water partition coefficient (Wildman–Crippen LogP) is 4.06. The fourth-order valence-electron chi connectivity index (χ4n) is 2.54. The molecule has 0 bridgehead atoms. The van der Waals surface area contributed by atoms with E-state index < -0.39 is 10.4 Å². The summed E-state index contributed by atoms with van der Waals surface area (Å²) in [6.45, 7) is 5.33. The number of halogens is 1. The van der Waals surface area contributed by atoms with E-state index in [0.29, 0.717) is 26.5 Å². The second-order valence-corrected chi connectivity index (χ2v) is 8.43. The first-order chi connectivity index (χ1) is 10.7. The van der Waals surface area contributed by atoms with Gasteiger partial charge in [-0.1, -0.05) is 11.3 Å². The lowest BCUT2D eigenvalue weighted by Gasteiger charge is -2.06. The SMILES string of the molecule is Cc1nn(C)c(C)c1N[S+](=O)(O)c1sc2ccc(F)cc2c1C. The Labute approximate surface area is 138 Å². The van der Waals surface area contributed by atoms with Crippen molar-refractivity contribution in [2.45, 2.75) is 25.0 Å². The standard InChI is InChI=1S/C15H16FN3O2S2/c1-8-12-7-11(16)5-6-13(12)22-15(8)23(20,21)18-14-9(2)17-19(4)10(14)3/h5-7H,1-4H3,(H-,18,20,21)/p+1. The lowest BCUT2D eigenvalue weighted by atomic mass is 10.2. The van der Waals surface area contributed by atoms with Gasteiger partial charge in [0.15, 0.2) is 0 Å². The molecule has 0 aliphatic rings. The van der Waals surface area contributed by atoms with Crippen LogP contribution in [0.15, 0.2) is 22.4 Å². The van der Waals surface area contributed by atoms with Crippen LogP contribution in [0.25, 0.3) is 10.1 Å². The summed E-state index contributed by atoms with van der Waals surface area (Å²) in [7, 11) is -1.73. The number of benzene rings is 1. The molecule has 8 heteroatoms. The summed E-state index contributed by atoms with van der Waals surface area (Å²) in [4.78, 5) is 0. The number of fused-ring (bicyclic) bond motifs is 1. The Morgan fingerprint density at radius 3 is 2.65 bits per heavy atom. The molecule has 2 N–H and O–H groups in total. The van der Waals surface area contributed by atoms with Gasteiger partial charge >= 0.3 is 10.4 Å². The second kappa shape index (κ2) is 5.40. The van der Waals surface area contributed by atoms with Gasteiger partial charge < -0.3 is 0 Å². The molecule has 3 aromatic rings. The van der Waals surface area contributed by atoms with Crippen molar-refractivity contribution in [2.24, 2.45) is 7.05 Å². The molecule has 3 rings (SSSR count). The predicted molar refractivity (Wildman–Crippen MR) is 91.8 cm³/mol. The Balaban J connectivity index is 2.09. The highest BCUT2D eigenvalue weighted by atomic mass is 32.3. The van der Waals surface area contributed by atoms with E-state index in [2.05, 4.69) is 9.82 Å². The van der Waals surface area contributed by atoms with E-state index in [-0.39, 0.29) is 5.82 Å². The summed E-state index contributed by atoms with van der Waals surface area (Å²) in [5, 5.41) is 4.90. The lowest BCUT2D eigenvalue weighted by molar-refractivity contribution is 0.504. The zero-order valence-electron chi connectivity index (χ0n) is 13.2. The highest BCUT2D eigenvalue weighted by Crippen LogP contribution is 2.38. The quantitative estimate of drug-likeness (QED) is 0.697. The van der Waals surface area contributed by atoms with E-state index in [0.717, 1.165) is 10.4 Å². The molecule has 5 nitrogen and oxygen atoms in total. The molecule has 0 aliphatic carbocycles. The van der Waals surface area contributed by atoms with Crippen LogP contribution in [0, 0.1) is 26.6 Å². The molecule has 2 heterocycles. The van der Waals surface area contributed by atoms with Gasteiger partial charge in [-0.05, 0) is 43.2 Å². The number of hydrogen-bond acceptors (Lipinski definition) is 3. The highest BCUT2D eigenvalue weighted by Gasteiger charge is 2.36. The minimum Gasteiger partial charge on any atom is -0.270 e. The lowest BCUT2D eigenvalue weighted by Crippen LogP contribution is -2.21. The molecule has 0 aliphatic heterocycles. The van der Waals surface area contributed by atoms with Gasteiger partial charge in [0.1, 0.15) is 11.5 Å². The van der Waals surface area contributed by atoms with Crippen molar-refractivity contribution >= 4 is 37.5 Å². The molecule has 0 amide bonds. The van der Waals surface area contributed by atoms with Crippen molar-refractivity contribution in [3.63, 3.8) is 0 Å². The van der Waals surface area contributed by atoms with Crippen LogP contribution in [0.3, 0.4) is 0 Å². The topological polar surface area (TPSA) is 67.2 Å². The van der Waals surface area contributed by atoms with Gasteiger partial charge in [0, 0.05) is 22.7 Å². The monoisotopic (exact) mass is 354 g/mol. The zero-order chi connectivity index (χ0) is 16.9. The average Bonchev–Trinajstić information content (AvgIpc) is 2.92. The number of aryl methyl sites for hydroxylation is 3. The Hall–Kier alpha value is -1.77. The van der Waals surface area contributed by atoms with E-state index >= 15 is 0 Å². The Morgan fingerprint density at radius 1 is 1.35 bits per heavy atom. The van der Waals surface area contributed by atoms with Gasteiger partial charge in [0.05, 0.1) is 11.4 Å². The first-order valence-corrected chi connectivity index (χ1v) is 9.27. The Kier molecular flexibility index (Phi) is 3.78. The molecule has 23 heavy (non-hydrogen) atoms. The van der Waals surface area contributed by atoms with E-state index in [1.807, 2.05) is 6.92 Å². The van der Waals surface area contributed by atoms with Gasteiger partial charge in [-0.25, -0.2) is 4.39 Å². The molecule has 1 atom stereocenters. The molecule has 2 aromatic heterocycles. The molecule has 0 saturated carbocycles. The summed E-state index contributed by atoms with van der Waals surface area (Å²) in [5.74, 6) is -0.360. The van der Waals surface area contributed by atoms with Crippen molar-refractivity contribution in [3.05, 3.63) is 41.0 Å². The van der Waals surface area contributed by atoms with E-state index in [4.69, 9.17) is 0 Å². The number of hydrogen-bond donors (Lipinski definition) is 2. The normalized spacial score (nSPS) is 14.2. The van der Waals surface area contributed by atoms with E-state index in [9.17, 15) is 13.2 Å². The minimum atomic E-state index is -3.51. The third-order valence-corrected chi connectivity index (χ3v) is 7.14. The molecule has 122 valence electrons. The Morgan fingerprint density at radius 2 is 2.04 bits per heavy atom. The number of thiophene rings is 1. The summed E-state index contributed by atoms with van der Waals surface area (Å²) < 4.78 is 42.3. The van der Waals surface area contributed by atoms with E-state index in [1.165, 1.54) is 23.5 Å². The molecular weight excluding hydrogens is 337 g/mol. The average molecular weight is 354 g/mol. The third-order valence-electron chi connectivity index (χ3n) is 3.86. The van der Waals surface area contributed by atoms with Crippen molar-refractivity contribution in [1.29, 1.82) is 0 Å². The molecule has 0 spiro atoms. The molecular formula is C15H17FN3O2S2+. The molecule has 1 aromatic carbocycles. The summed E-state index contributed by atoms with van der Waals surface area (Å²) in [5.41, 5.74) is 2.58. The third kappa shape index (κ3) is 2.66. The molecule has 0 radical (unpaired) electrons. The maximum Gasteiger partial charge on any atom is 0.356 e. The van der Waals surface area contributed by atoms with Gasteiger partial charge in [0.25, 0.3) is 4.21 Å². The van der Waals surface area contributed by atoms with Crippen molar-refractivity contribution in [2.75, 3.05) is 4.72 Å². The number of nitrogens with zero attached hydrogens (tertiary/aromatic N) is 2. The summed E-state index contributed by atoms with van der Waals surface area (Å²) in [6.07, 6.45) is 0. The highest BCUT2D eigenvalue weighted by molar-refractivity contribution is 8.01. The van der Waals surface area contributed by atoms with Crippen molar-refractivity contribution in [1.82, 2.24) is 9.78 Å². The van der Waals surface area contributed by atoms with Gasteiger partial charge in [-0.3, -0.25) is 4.68 Å². The summed E-state index contributed by atoms with van der Waals surface area (Å²) in [6, 6.07) is 4.37. The smallest absolute Gasteiger partial charge is 0.270 e. The van der Waals surface area contributed by atoms with Crippen LogP contribution in [-0.4, -0.2) is 14.3 Å². The number of rotatable bonds is 3. The van der Waals surface area contributed by atoms with Crippen LogP contribution in [0.1, 0.15) is 17.0 Å². The minimum absolute atomic E-state index is 0.306. The van der Waals surface area contributed by atoms with Crippen molar-refractivity contribution in [3.8, 4) is 0 Å². The number of anilines is 1. The summed E-state index contributed by atoms with van der Waals surface area (Å²) >= 11 is 1.20. The molecule has 0 fully saturated rings. The maximum absolute atomic E-state index is 13.4. The number of aromatic nitrogens is 2. The first kappa shape index (κ1) is 16.1. The van der Waals surface area contributed by atoms with Crippen LogP contribution < -0.4 is 4.72 Å². The second-order valence-electron chi connectivity index (χ2n) is 5.45. The van der Waals surface area contributed by atoms with Crippen molar-refractivity contribution < 1.29 is 13.2 Å². The van der Waals surface area contributed by atoms with Gasteiger partial charge in [-0.2, -0.15) is 14.4 Å². The van der Waals surface area contributed by atoms with E-state index in [1.54, 1.807) is 31.6 Å². The van der Waals surface area contributed by atoms with Gasteiger partial charge in [0.2, 0.25) is 0 Å². The maximum atomic E-state index is 13.4. The Bertz CT molecular complexity index is 961. The van der Waals surface area contributed by atoms with Crippen LogP contribution in [-0.2, 0) is 21.7 Å². The first-order valence-electron chi connectivity index (χ1n) is 6.94. The van der Waals surface area contributed by atoms with Crippen LogP contribution in [0.5, 0.6) is 0 Å². The van der Waals surface area contributed by atoms with Gasteiger partial charge in [-0.15, -0.1) is 0 Å². The fraction of sp³-hybridized carbons (Fsp3) is 0.267. The van der Waals surface area contributed by atoms with Crippen LogP contribution in [0.2, 0.25) is 0 Å². The fourth-order valence-corrected chi connectivity index (χ4v) is 5.50. The molecule has 1 unspecified atom stereocenters. The van der Waals surface area contributed by atoms with Crippen LogP contribution >= 0.6 is 11.3 Å².